The van der Waals surface area contributed by atoms with E-state index in [0.717, 1.165) is 25.7 Å². The molecule has 0 spiro atoms. The second-order valence-electron chi connectivity index (χ2n) is 5.32. The lowest BCUT2D eigenvalue weighted by molar-refractivity contribution is -0.132. The van der Waals surface area contributed by atoms with Crippen molar-refractivity contribution in [3.05, 3.63) is 22.4 Å². The topological polar surface area (TPSA) is 32.3 Å². The number of unbranched alkanes of at least 4 members (excludes halogenated alkanes) is 1. The van der Waals surface area contributed by atoms with Gasteiger partial charge in [0.2, 0.25) is 5.91 Å². The van der Waals surface area contributed by atoms with Crippen LogP contribution in [0.3, 0.4) is 0 Å². The van der Waals surface area contributed by atoms with Crippen molar-refractivity contribution in [1.82, 2.24) is 10.2 Å². The normalized spacial score (nSPS) is 25.0. The molecular formula is C15H24N2OS. The maximum absolute atomic E-state index is 12.6. The molecule has 0 saturated carbocycles. The van der Waals surface area contributed by atoms with Crippen LogP contribution in [0.15, 0.2) is 16.8 Å². The van der Waals surface area contributed by atoms with Gasteiger partial charge in [0.05, 0.1) is 6.04 Å². The zero-order valence-corrected chi connectivity index (χ0v) is 12.9. The molecule has 1 N–H and O–H groups in total. The first kappa shape index (κ1) is 14.5. The summed E-state index contributed by atoms with van der Waals surface area (Å²) >= 11 is 1.69. The average Bonchev–Trinajstić information content (AvgIpc) is 3.03. The van der Waals surface area contributed by atoms with Crippen LogP contribution in [0.2, 0.25) is 0 Å². The molecule has 0 aromatic carbocycles. The molecule has 3 unspecified atom stereocenters. The molecule has 3 nitrogen and oxygen atoms in total. The largest absolute Gasteiger partial charge is 0.319 e. The summed E-state index contributed by atoms with van der Waals surface area (Å²) in [6.45, 7) is 6.45. The molecule has 1 amide bonds. The molecule has 3 atom stereocenters. The third kappa shape index (κ3) is 3.00. The van der Waals surface area contributed by atoms with Crippen molar-refractivity contribution < 1.29 is 4.79 Å². The van der Waals surface area contributed by atoms with Crippen LogP contribution in [0.4, 0.5) is 0 Å². The van der Waals surface area contributed by atoms with E-state index in [1.165, 1.54) is 5.56 Å². The fourth-order valence-electron chi connectivity index (χ4n) is 2.62. The molecular weight excluding hydrogens is 256 g/mol. The third-order valence-corrected chi connectivity index (χ3v) is 4.66. The van der Waals surface area contributed by atoms with E-state index in [9.17, 15) is 4.79 Å². The Morgan fingerprint density at radius 1 is 1.47 bits per heavy atom. The Morgan fingerprint density at radius 3 is 2.84 bits per heavy atom. The van der Waals surface area contributed by atoms with Gasteiger partial charge in [-0.05, 0) is 42.2 Å². The maximum atomic E-state index is 12.6. The standard InChI is InChI=1S/C15H24N2OS/c1-4-6-7-13-15(18)17(11(3)5-2)14(16-13)12-8-9-19-10-12/h8-11,13-14,16H,4-7H2,1-3H3. The highest BCUT2D eigenvalue weighted by Gasteiger charge is 2.41. The number of rotatable bonds is 6. The smallest absolute Gasteiger partial charge is 0.241 e. The van der Waals surface area contributed by atoms with Gasteiger partial charge in [0.1, 0.15) is 6.17 Å². The highest BCUT2D eigenvalue weighted by atomic mass is 32.1. The van der Waals surface area contributed by atoms with E-state index < -0.39 is 0 Å². The monoisotopic (exact) mass is 280 g/mol. The molecule has 2 heterocycles. The second-order valence-corrected chi connectivity index (χ2v) is 6.10. The molecule has 2 rings (SSSR count). The van der Waals surface area contributed by atoms with Gasteiger partial charge >= 0.3 is 0 Å². The molecule has 1 aromatic rings. The van der Waals surface area contributed by atoms with E-state index in [0.29, 0.717) is 0 Å². The number of hydrogen-bond acceptors (Lipinski definition) is 3. The Hall–Kier alpha value is -0.870. The summed E-state index contributed by atoms with van der Waals surface area (Å²) in [7, 11) is 0. The minimum Gasteiger partial charge on any atom is -0.319 e. The van der Waals surface area contributed by atoms with E-state index in [1.54, 1.807) is 11.3 Å². The van der Waals surface area contributed by atoms with Crippen LogP contribution in [-0.2, 0) is 4.79 Å². The van der Waals surface area contributed by atoms with Gasteiger partial charge in [0, 0.05) is 6.04 Å². The van der Waals surface area contributed by atoms with Gasteiger partial charge in [-0.1, -0.05) is 26.7 Å². The molecule has 0 aliphatic carbocycles. The predicted octanol–water partition coefficient (Wildman–Crippen LogP) is 3.54. The van der Waals surface area contributed by atoms with Crippen molar-refractivity contribution in [3.8, 4) is 0 Å². The number of hydrogen-bond donors (Lipinski definition) is 1. The summed E-state index contributed by atoms with van der Waals surface area (Å²) in [6.07, 6.45) is 4.25. The molecule has 19 heavy (non-hydrogen) atoms. The lowest BCUT2D eigenvalue weighted by Gasteiger charge is -2.29. The lowest BCUT2D eigenvalue weighted by atomic mass is 10.1. The minimum absolute atomic E-state index is 0.00106. The Kier molecular flexibility index (Phi) is 4.99. The Morgan fingerprint density at radius 2 is 2.26 bits per heavy atom. The second kappa shape index (κ2) is 6.53. The quantitative estimate of drug-likeness (QED) is 0.864. The van der Waals surface area contributed by atoms with Crippen LogP contribution < -0.4 is 5.32 Å². The van der Waals surface area contributed by atoms with Gasteiger partial charge in [0.25, 0.3) is 0 Å². The van der Waals surface area contributed by atoms with Crippen LogP contribution in [0.1, 0.15) is 58.2 Å². The van der Waals surface area contributed by atoms with Crippen molar-refractivity contribution >= 4 is 17.2 Å². The zero-order chi connectivity index (χ0) is 13.8. The van der Waals surface area contributed by atoms with Crippen molar-refractivity contribution in [2.45, 2.75) is 64.7 Å². The minimum atomic E-state index is -0.00106. The molecule has 0 radical (unpaired) electrons. The van der Waals surface area contributed by atoms with Crippen molar-refractivity contribution in [2.24, 2.45) is 0 Å². The van der Waals surface area contributed by atoms with Crippen LogP contribution in [0.25, 0.3) is 0 Å². The summed E-state index contributed by atoms with van der Waals surface area (Å²) in [5.74, 6) is 0.277. The summed E-state index contributed by atoms with van der Waals surface area (Å²) in [4.78, 5) is 14.6. The van der Waals surface area contributed by atoms with E-state index in [4.69, 9.17) is 0 Å². The predicted molar refractivity (Wildman–Crippen MR) is 80.1 cm³/mol. The van der Waals surface area contributed by atoms with Crippen LogP contribution >= 0.6 is 11.3 Å². The van der Waals surface area contributed by atoms with Gasteiger partial charge in [-0.15, -0.1) is 0 Å². The summed E-state index contributed by atoms with van der Waals surface area (Å²) in [5, 5.41) is 7.75. The molecule has 1 saturated heterocycles. The fourth-order valence-corrected chi connectivity index (χ4v) is 3.30. The highest BCUT2D eigenvalue weighted by Crippen LogP contribution is 2.31. The van der Waals surface area contributed by atoms with E-state index in [2.05, 4.69) is 42.9 Å². The number of amides is 1. The Balaban J connectivity index is 2.18. The molecule has 4 heteroatoms. The Labute approximate surface area is 120 Å². The zero-order valence-electron chi connectivity index (χ0n) is 12.1. The number of carbonyl (C=O) groups excluding carboxylic acids is 1. The van der Waals surface area contributed by atoms with Gasteiger partial charge in [-0.25, -0.2) is 0 Å². The van der Waals surface area contributed by atoms with E-state index >= 15 is 0 Å². The summed E-state index contributed by atoms with van der Waals surface area (Å²) < 4.78 is 0. The Bertz CT molecular complexity index is 404. The van der Waals surface area contributed by atoms with E-state index in [-0.39, 0.29) is 24.2 Å². The molecule has 1 aromatic heterocycles. The molecule has 0 bridgehead atoms. The van der Waals surface area contributed by atoms with Crippen LogP contribution in [0.5, 0.6) is 0 Å². The van der Waals surface area contributed by atoms with Gasteiger partial charge in [-0.3, -0.25) is 10.1 Å². The lowest BCUT2D eigenvalue weighted by Crippen LogP contribution is -2.38. The molecule has 1 fully saturated rings. The number of nitrogens with one attached hydrogen (secondary N) is 1. The average molecular weight is 280 g/mol. The summed E-state index contributed by atoms with van der Waals surface area (Å²) in [6, 6.07) is 2.41. The van der Waals surface area contributed by atoms with Crippen molar-refractivity contribution in [3.63, 3.8) is 0 Å². The van der Waals surface area contributed by atoms with Crippen LogP contribution in [0, 0.1) is 0 Å². The SMILES string of the molecule is CCCCC1NC(c2ccsc2)N(C(C)CC)C1=O. The van der Waals surface area contributed by atoms with Gasteiger partial charge in [-0.2, -0.15) is 11.3 Å². The van der Waals surface area contributed by atoms with Crippen molar-refractivity contribution in [2.75, 3.05) is 0 Å². The molecule has 1 aliphatic heterocycles. The summed E-state index contributed by atoms with van der Waals surface area (Å²) in [5.41, 5.74) is 1.22. The molecule has 106 valence electrons. The number of nitrogens with zero attached hydrogens (tertiary/aromatic N) is 1. The van der Waals surface area contributed by atoms with Gasteiger partial charge in [0.15, 0.2) is 0 Å². The first-order valence-electron chi connectivity index (χ1n) is 7.29. The number of thiophene rings is 1. The van der Waals surface area contributed by atoms with E-state index in [1.807, 2.05) is 4.90 Å². The van der Waals surface area contributed by atoms with Crippen molar-refractivity contribution in [1.29, 1.82) is 0 Å². The highest BCUT2D eigenvalue weighted by molar-refractivity contribution is 7.07. The first-order valence-corrected chi connectivity index (χ1v) is 8.23. The fraction of sp³-hybridized carbons (Fsp3) is 0.667. The maximum Gasteiger partial charge on any atom is 0.241 e. The first-order chi connectivity index (χ1) is 9.19. The van der Waals surface area contributed by atoms with Crippen LogP contribution in [-0.4, -0.2) is 22.9 Å². The number of carbonyl (C=O) groups is 1. The molecule has 1 aliphatic rings. The third-order valence-electron chi connectivity index (χ3n) is 3.96. The van der Waals surface area contributed by atoms with Gasteiger partial charge < -0.3 is 4.90 Å².